The third-order valence-corrected chi connectivity index (χ3v) is 7.35. The lowest BCUT2D eigenvalue weighted by molar-refractivity contribution is -0.0441. The monoisotopic (exact) mass is 484 g/mol. The Hall–Kier alpha value is -1.87. The molecule has 1 heterocycles. The summed E-state index contributed by atoms with van der Waals surface area (Å²) in [5.41, 5.74) is -7.40. The van der Waals surface area contributed by atoms with Crippen molar-refractivity contribution in [2.75, 3.05) is 18.0 Å². The Bertz CT molecular complexity index is 1020. The minimum atomic E-state index is -6.64. The molecular weight excluding hydrogens is 469 g/mol. The fourth-order valence-electron chi connectivity index (χ4n) is 2.71. The zero-order chi connectivity index (χ0) is 22.9. The molecule has 15 heteroatoms. The van der Waals surface area contributed by atoms with Gasteiger partial charge in [0.25, 0.3) is 10.0 Å². The van der Waals surface area contributed by atoms with Crippen LogP contribution in [-0.2, 0) is 20.0 Å². The average Bonchev–Trinajstić information content (AvgIpc) is 2.72. The van der Waals surface area contributed by atoms with E-state index in [0.717, 1.165) is 4.90 Å². The first kappa shape index (κ1) is 24.4. The van der Waals surface area contributed by atoms with Crippen LogP contribution in [0.15, 0.2) is 17.0 Å². The van der Waals surface area contributed by atoms with Gasteiger partial charge in [0.05, 0.1) is 0 Å². The van der Waals surface area contributed by atoms with Gasteiger partial charge in [0.15, 0.2) is 28.2 Å². The van der Waals surface area contributed by atoms with Crippen LogP contribution in [0.4, 0.5) is 36.4 Å². The predicted octanol–water partition coefficient (Wildman–Crippen LogP) is 3.31. The van der Waals surface area contributed by atoms with Crippen LogP contribution in [-0.4, -0.2) is 35.4 Å². The highest BCUT2D eigenvalue weighted by Crippen LogP contribution is 2.34. The summed E-state index contributed by atoms with van der Waals surface area (Å²) >= 11 is 0. The van der Waals surface area contributed by atoms with Crippen LogP contribution in [0.5, 0.6) is 0 Å². The molecule has 0 bridgehead atoms. The Morgan fingerprint density at radius 3 is 1.87 bits per heavy atom. The number of nitrogens with one attached hydrogen (secondary N) is 1. The number of benzene rings is 1. The largest absolute Gasteiger partial charge is 0.512 e. The molecule has 1 aromatic carbocycles. The summed E-state index contributed by atoms with van der Waals surface area (Å²) < 4.78 is 141. The van der Waals surface area contributed by atoms with Gasteiger partial charge < -0.3 is 4.90 Å². The number of sulfonamides is 2. The molecule has 0 aromatic heterocycles. The highest BCUT2D eigenvalue weighted by Gasteiger charge is 2.49. The van der Waals surface area contributed by atoms with Crippen LogP contribution in [0.2, 0.25) is 0 Å². The Balaban J connectivity index is 2.59. The maximum absolute atomic E-state index is 14.5. The van der Waals surface area contributed by atoms with Crippen LogP contribution in [0.3, 0.4) is 0 Å². The number of hydrogen-bond donors (Lipinski definition) is 1. The number of anilines is 1. The van der Waals surface area contributed by atoms with E-state index in [9.17, 15) is 47.6 Å². The molecule has 30 heavy (non-hydrogen) atoms. The van der Waals surface area contributed by atoms with Crippen LogP contribution >= 0.6 is 0 Å². The van der Waals surface area contributed by atoms with Gasteiger partial charge in [0.2, 0.25) is 0 Å². The van der Waals surface area contributed by atoms with E-state index in [1.54, 1.807) is 12.2 Å². The van der Waals surface area contributed by atoms with Crippen molar-refractivity contribution in [2.45, 2.75) is 36.1 Å². The standard InChI is InChI=1S/C15H15F7N2O4S2/c16-9-11(18)14(29(25,26)23-30(27,28)15(20,21)22)12(19)10(17)13(9)24-7-5-3-1-2-4-6-8-24/h1,3,23H,2,4-8H2/b3-1-. The molecule has 0 unspecified atom stereocenters. The lowest BCUT2D eigenvalue weighted by Crippen LogP contribution is -2.41. The quantitative estimate of drug-likeness (QED) is 0.403. The van der Waals surface area contributed by atoms with Gasteiger partial charge >= 0.3 is 15.5 Å². The number of nitrogens with zero attached hydrogens (tertiary/aromatic N) is 1. The number of rotatable bonds is 4. The molecule has 0 radical (unpaired) electrons. The van der Waals surface area contributed by atoms with Crippen molar-refractivity contribution in [3.8, 4) is 0 Å². The molecule has 0 atom stereocenters. The molecule has 1 aromatic rings. The van der Waals surface area contributed by atoms with E-state index in [-0.39, 0.29) is 23.6 Å². The Kier molecular flexibility index (Phi) is 7.08. The van der Waals surface area contributed by atoms with Gasteiger partial charge in [-0.2, -0.15) is 13.2 Å². The van der Waals surface area contributed by atoms with Crippen LogP contribution in [0.1, 0.15) is 25.7 Å². The van der Waals surface area contributed by atoms with Crippen molar-refractivity contribution < 1.29 is 47.6 Å². The first-order valence-corrected chi connectivity index (χ1v) is 11.3. The number of allylic oxidation sites excluding steroid dienone is 1. The summed E-state index contributed by atoms with van der Waals surface area (Å²) in [6.07, 6.45) is 5.35. The van der Waals surface area contributed by atoms with Crippen molar-refractivity contribution in [1.29, 1.82) is 0 Å². The summed E-state index contributed by atoms with van der Waals surface area (Å²) in [4.78, 5) is -1.58. The summed E-state index contributed by atoms with van der Waals surface area (Å²) in [6.45, 7) is -0.128. The molecule has 6 nitrogen and oxygen atoms in total. The lowest BCUT2D eigenvalue weighted by atomic mass is 10.2. The summed E-state index contributed by atoms with van der Waals surface area (Å²) in [6, 6.07) is 0. The molecule has 1 N–H and O–H groups in total. The van der Waals surface area contributed by atoms with Crippen LogP contribution in [0.25, 0.3) is 0 Å². The van der Waals surface area contributed by atoms with Crippen molar-refractivity contribution in [1.82, 2.24) is 4.13 Å². The normalized spacial score (nSPS) is 17.9. The molecule has 0 fully saturated rings. The molecule has 1 aliphatic rings. The molecule has 2 rings (SSSR count). The van der Waals surface area contributed by atoms with Crippen molar-refractivity contribution >= 4 is 25.7 Å². The minimum absolute atomic E-state index is 0.0339. The van der Waals surface area contributed by atoms with Crippen molar-refractivity contribution in [3.63, 3.8) is 0 Å². The summed E-state index contributed by atoms with van der Waals surface area (Å²) in [7, 11) is -12.8. The third kappa shape index (κ3) is 4.88. The third-order valence-electron chi connectivity index (χ3n) is 4.09. The summed E-state index contributed by atoms with van der Waals surface area (Å²) in [5.74, 6) is -9.46. The number of hydrogen-bond acceptors (Lipinski definition) is 5. The van der Waals surface area contributed by atoms with Crippen molar-refractivity contribution in [2.24, 2.45) is 0 Å². The van der Waals surface area contributed by atoms with Gasteiger partial charge in [-0.15, -0.1) is 0 Å². The van der Waals surface area contributed by atoms with Gasteiger partial charge in [0, 0.05) is 13.1 Å². The Morgan fingerprint density at radius 1 is 0.800 bits per heavy atom. The zero-order valence-corrected chi connectivity index (χ0v) is 16.6. The van der Waals surface area contributed by atoms with E-state index in [2.05, 4.69) is 0 Å². The fourth-order valence-corrected chi connectivity index (χ4v) is 5.23. The van der Waals surface area contributed by atoms with Gasteiger partial charge in [0.1, 0.15) is 5.69 Å². The van der Waals surface area contributed by atoms with Gasteiger partial charge in [-0.05, 0) is 25.7 Å². The zero-order valence-electron chi connectivity index (χ0n) is 14.9. The second kappa shape index (κ2) is 8.70. The maximum atomic E-state index is 14.5. The second-order valence-corrected chi connectivity index (χ2v) is 9.76. The van der Waals surface area contributed by atoms with Gasteiger partial charge in [-0.3, -0.25) is 0 Å². The predicted molar refractivity (Wildman–Crippen MR) is 91.4 cm³/mol. The first-order chi connectivity index (χ1) is 13.7. The molecule has 0 saturated heterocycles. The Labute approximate surface area is 167 Å². The highest BCUT2D eigenvalue weighted by atomic mass is 32.3. The van der Waals surface area contributed by atoms with Crippen molar-refractivity contribution in [3.05, 3.63) is 35.4 Å². The van der Waals surface area contributed by atoms with Gasteiger partial charge in [-0.1, -0.05) is 16.3 Å². The van der Waals surface area contributed by atoms with E-state index in [0.29, 0.717) is 19.3 Å². The lowest BCUT2D eigenvalue weighted by Gasteiger charge is -2.26. The molecule has 170 valence electrons. The number of halogens is 7. The van der Waals surface area contributed by atoms with E-state index >= 15 is 0 Å². The Morgan fingerprint density at radius 2 is 1.33 bits per heavy atom. The molecule has 0 amide bonds. The average molecular weight is 484 g/mol. The van der Waals surface area contributed by atoms with Crippen LogP contribution in [0, 0.1) is 23.3 Å². The van der Waals surface area contributed by atoms with E-state index in [4.69, 9.17) is 0 Å². The molecule has 0 aliphatic carbocycles. The summed E-state index contributed by atoms with van der Waals surface area (Å²) in [5, 5.41) is 0. The second-order valence-electron chi connectivity index (χ2n) is 6.21. The smallest absolute Gasteiger partial charge is 0.366 e. The fraction of sp³-hybridized carbons (Fsp3) is 0.467. The van der Waals surface area contributed by atoms with Crippen LogP contribution < -0.4 is 9.03 Å². The molecule has 0 saturated carbocycles. The molecule has 0 spiro atoms. The highest BCUT2D eigenvalue weighted by molar-refractivity contribution is 8.05. The maximum Gasteiger partial charge on any atom is 0.512 e. The van der Waals surface area contributed by atoms with E-state index in [1.807, 2.05) is 0 Å². The number of alkyl halides is 3. The minimum Gasteiger partial charge on any atom is -0.366 e. The van der Waals surface area contributed by atoms with E-state index in [1.165, 1.54) is 0 Å². The van der Waals surface area contributed by atoms with E-state index < -0.39 is 59.4 Å². The van der Waals surface area contributed by atoms with Gasteiger partial charge in [-0.25, -0.2) is 34.4 Å². The topological polar surface area (TPSA) is 83.5 Å². The SMILES string of the molecule is O=S(=O)(NS(=O)(=O)C(F)(F)F)c1c(F)c(F)c(N2CC/C=C\CCCC2)c(F)c1F. The molecular formula is C15H15F7N2O4S2. The first-order valence-electron chi connectivity index (χ1n) is 8.31. The molecule has 1 aliphatic heterocycles.